The monoisotopic (exact) mass is 489 g/mol. The standard InChI is InChI=1S/C23H25ClFN5O2S/c24-17-5-6-26-21(20(17)25)29-9-7-28(8-10-29)12-14-1-2-16-15(11-14)13-30(23(16)33)18-3-4-19(31)27-22(18)32/h1-2,5-6,11,18,23,33H,3-4,7-10,12-13H2,(H,27,31,32). The number of thiol groups is 1. The minimum atomic E-state index is -0.465. The van der Waals surface area contributed by atoms with Crippen LogP contribution in [0.4, 0.5) is 10.2 Å². The minimum absolute atomic E-state index is 0.0921. The number of piperazine rings is 1. The van der Waals surface area contributed by atoms with E-state index in [1.54, 1.807) is 0 Å². The zero-order chi connectivity index (χ0) is 23.1. The molecule has 0 radical (unpaired) electrons. The van der Waals surface area contributed by atoms with E-state index in [-0.39, 0.29) is 28.3 Å². The van der Waals surface area contributed by atoms with E-state index in [0.717, 1.165) is 25.2 Å². The van der Waals surface area contributed by atoms with Gasteiger partial charge in [-0.3, -0.25) is 24.7 Å². The average molecular weight is 490 g/mol. The van der Waals surface area contributed by atoms with Crippen LogP contribution in [-0.2, 0) is 22.7 Å². The zero-order valence-electron chi connectivity index (χ0n) is 18.0. The molecule has 2 amide bonds. The summed E-state index contributed by atoms with van der Waals surface area (Å²) in [6.07, 6.45) is 2.41. The van der Waals surface area contributed by atoms with E-state index >= 15 is 0 Å². The number of aromatic nitrogens is 1. The van der Waals surface area contributed by atoms with Crippen LogP contribution < -0.4 is 10.2 Å². The van der Waals surface area contributed by atoms with Crippen LogP contribution in [0.1, 0.15) is 34.9 Å². The number of halogens is 2. The maximum atomic E-state index is 14.3. The molecule has 1 aromatic carbocycles. The molecular formula is C23H25ClFN5O2S. The van der Waals surface area contributed by atoms with Crippen LogP contribution in [0, 0.1) is 5.82 Å². The fourth-order valence-electron chi connectivity index (χ4n) is 4.89. The first-order valence-corrected chi connectivity index (χ1v) is 12.0. The smallest absolute Gasteiger partial charge is 0.243 e. The summed E-state index contributed by atoms with van der Waals surface area (Å²) < 4.78 is 14.3. The molecule has 2 aromatic rings. The number of benzene rings is 1. The molecular weight excluding hydrogens is 465 g/mol. The summed E-state index contributed by atoms with van der Waals surface area (Å²) in [4.78, 5) is 34.3. The van der Waals surface area contributed by atoms with Crippen LogP contribution in [0.15, 0.2) is 30.5 Å². The van der Waals surface area contributed by atoms with Crippen molar-refractivity contribution in [1.29, 1.82) is 0 Å². The molecule has 2 unspecified atom stereocenters. The van der Waals surface area contributed by atoms with Gasteiger partial charge >= 0.3 is 0 Å². The number of hydrogen-bond acceptors (Lipinski definition) is 7. The van der Waals surface area contributed by atoms with Gasteiger partial charge in [0.1, 0.15) is 0 Å². The number of pyridine rings is 1. The van der Waals surface area contributed by atoms with Gasteiger partial charge in [-0.15, -0.1) is 0 Å². The van der Waals surface area contributed by atoms with Crippen molar-refractivity contribution >= 4 is 41.9 Å². The molecule has 0 aliphatic carbocycles. The number of nitrogens with zero attached hydrogens (tertiary/aromatic N) is 4. The van der Waals surface area contributed by atoms with E-state index in [2.05, 4.69) is 38.3 Å². The van der Waals surface area contributed by atoms with Crippen LogP contribution >= 0.6 is 24.2 Å². The molecule has 2 fully saturated rings. The van der Waals surface area contributed by atoms with Crippen LogP contribution in [0.2, 0.25) is 5.02 Å². The predicted molar refractivity (Wildman–Crippen MR) is 127 cm³/mol. The number of rotatable bonds is 4. The Morgan fingerprint density at radius 1 is 1.18 bits per heavy atom. The summed E-state index contributed by atoms with van der Waals surface area (Å²) in [6.45, 7) is 4.37. The summed E-state index contributed by atoms with van der Waals surface area (Å²) in [5.41, 5.74) is 3.47. The van der Waals surface area contributed by atoms with Gasteiger partial charge in [-0.1, -0.05) is 29.8 Å². The fourth-order valence-corrected chi connectivity index (χ4v) is 5.53. The summed E-state index contributed by atoms with van der Waals surface area (Å²) >= 11 is 10.7. The highest BCUT2D eigenvalue weighted by Gasteiger charge is 2.39. The number of imide groups is 1. The van der Waals surface area contributed by atoms with E-state index < -0.39 is 5.82 Å². The van der Waals surface area contributed by atoms with Gasteiger partial charge in [-0.2, -0.15) is 12.6 Å². The molecule has 1 aromatic heterocycles. The summed E-state index contributed by atoms with van der Waals surface area (Å²) in [7, 11) is 0. The molecule has 33 heavy (non-hydrogen) atoms. The molecule has 174 valence electrons. The summed E-state index contributed by atoms with van der Waals surface area (Å²) in [6, 6.07) is 7.52. The van der Waals surface area contributed by atoms with Crippen LogP contribution in [-0.4, -0.2) is 58.8 Å². The minimum Gasteiger partial charge on any atom is -0.352 e. The Balaban J connectivity index is 1.21. The van der Waals surface area contributed by atoms with Crippen LogP contribution in [0.25, 0.3) is 0 Å². The maximum Gasteiger partial charge on any atom is 0.243 e. The quantitative estimate of drug-likeness (QED) is 0.508. The number of hydrogen-bond donors (Lipinski definition) is 2. The molecule has 2 atom stereocenters. The SMILES string of the molecule is O=C1CCC(N2Cc3cc(CN4CCN(c5nccc(Cl)c5F)CC4)ccc3C2S)C(=O)N1. The van der Waals surface area contributed by atoms with Crippen molar-refractivity contribution in [3.05, 3.63) is 58.0 Å². The van der Waals surface area contributed by atoms with E-state index in [0.29, 0.717) is 38.3 Å². The molecule has 3 aliphatic rings. The highest BCUT2D eigenvalue weighted by atomic mass is 35.5. The zero-order valence-corrected chi connectivity index (χ0v) is 19.7. The fraction of sp³-hybridized carbons (Fsp3) is 0.435. The lowest BCUT2D eigenvalue weighted by atomic mass is 10.0. The van der Waals surface area contributed by atoms with Crippen molar-refractivity contribution in [2.24, 2.45) is 0 Å². The highest BCUT2D eigenvalue weighted by Crippen LogP contribution is 2.39. The number of carbonyl (C=O) groups is 2. The van der Waals surface area contributed by atoms with Crippen LogP contribution in [0.3, 0.4) is 0 Å². The topological polar surface area (TPSA) is 68.8 Å². The van der Waals surface area contributed by atoms with E-state index in [4.69, 9.17) is 24.2 Å². The number of fused-ring (bicyclic) bond motifs is 1. The number of amides is 2. The van der Waals surface area contributed by atoms with Gasteiger partial charge in [-0.25, -0.2) is 9.37 Å². The third kappa shape index (κ3) is 4.47. The van der Waals surface area contributed by atoms with E-state index in [1.165, 1.54) is 23.4 Å². The first-order chi connectivity index (χ1) is 15.9. The summed E-state index contributed by atoms with van der Waals surface area (Å²) in [5.74, 6) is -0.595. The van der Waals surface area contributed by atoms with Gasteiger partial charge in [0.2, 0.25) is 11.8 Å². The molecule has 7 nitrogen and oxygen atoms in total. The van der Waals surface area contributed by atoms with Gasteiger partial charge < -0.3 is 4.90 Å². The Labute approximate surface area is 202 Å². The second-order valence-corrected chi connectivity index (χ2v) is 9.64. The second kappa shape index (κ2) is 9.21. The Bertz CT molecular complexity index is 1090. The Hall–Kier alpha value is -2.20. The van der Waals surface area contributed by atoms with Gasteiger partial charge in [0.05, 0.1) is 16.4 Å². The van der Waals surface area contributed by atoms with Gasteiger partial charge in [0, 0.05) is 51.9 Å². The lowest BCUT2D eigenvalue weighted by Gasteiger charge is -2.35. The normalized spacial score (nSPS) is 24.2. The molecule has 2 saturated heterocycles. The largest absolute Gasteiger partial charge is 0.352 e. The number of carbonyl (C=O) groups excluding carboxylic acids is 2. The lowest BCUT2D eigenvalue weighted by Crippen LogP contribution is -2.51. The molecule has 4 heterocycles. The molecule has 0 spiro atoms. The van der Waals surface area contributed by atoms with Crippen molar-refractivity contribution < 1.29 is 14.0 Å². The molecule has 3 aliphatic heterocycles. The van der Waals surface area contributed by atoms with Crippen molar-refractivity contribution in [3.63, 3.8) is 0 Å². The third-order valence-corrected chi connectivity index (χ3v) is 7.53. The Morgan fingerprint density at radius 2 is 1.97 bits per heavy atom. The van der Waals surface area contributed by atoms with Crippen molar-refractivity contribution in [3.8, 4) is 0 Å². The summed E-state index contributed by atoms with van der Waals surface area (Å²) in [5, 5.41) is 2.37. The van der Waals surface area contributed by atoms with E-state index in [9.17, 15) is 14.0 Å². The Morgan fingerprint density at radius 3 is 2.73 bits per heavy atom. The first-order valence-electron chi connectivity index (χ1n) is 11.1. The van der Waals surface area contributed by atoms with Crippen molar-refractivity contribution in [2.45, 2.75) is 37.3 Å². The first kappa shape index (κ1) is 22.6. The number of anilines is 1. The van der Waals surface area contributed by atoms with Gasteiger partial charge in [-0.05, 0) is 29.2 Å². The van der Waals surface area contributed by atoms with Crippen molar-refractivity contribution in [1.82, 2.24) is 20.1 Å². The third-order valence-electron chi connectivity index (χ3n) is 6.66. The molecule has 5 rings (SSSR count). The lowest BCUT2D eigenvalue weighted by molar-refractivity contribution is -0.137. The van der Waals surface area contributed by atoms with E-state index in [1.807, 2.05) is 4.90 Å². The maximum absolute atomic E-state index is 14.3. The Kier molecular flexibility index (Phi) is 6.30. The van der Waals surface area contributed by atoms with Gasteiger partial charge in [0.15, 0.2) is 11.6 Å². The van der Waals surface area contributed by atoms with Crippen molar-refractivity contribution in [2.75, 3.05) is 31.1 Å². The highest BCUT2D eigenvalue weighted by molar-refractivity contribution is 7.80. The molecule has 0 saturated carbocycles. The predicted octanol–water partition coefficient (Wildman–Crippen LogP) is 2.75. The van der Waals surface area contributed by atoms with Gasteiger partial charge in [0.25, 0.3) is 0 Å². The molecule has 0 bridgehead atoms. The average Bonchev–Trinajstić information content (AvgIpc) is 3.12. The number of piperidine rings is 1. The second-order valence-electron chi connectivity index (χ2n) is 8.74. The van der Waals surface area contributed by atoms with Crippen LogP contribution in [0.5, 0.6) is 0 Å². The molecule has 10 heteroatoms. The molecule has 1 N–H and O–H groups in total. The number of nitrogens with one attached hydrogen (secondary N) is 1.